The van der Waals surface area contributed by atoms with Crippen LogP contribution in [0.25, 0.3) is 0 Å². The molecule has 7 atom stereocenters. The van der Waals surface area contributed by atoms with Gasteiger partial charge < -0.3 is 9.47 Å². The molecular formula is C31H46O5. The predicted octanol–water partition coefficient (Wildman–Crippen LogP) is 6.46. The number of esters is 2. The lowest BCUT2D eigenvalue weighted by atomic mass is 9.47. The Labute approximate surface area is 217 Å². The zero-order valence-electron chi connectivity index (χ0n) is 23.2. The molecule has 0 aromatic carbocycles. The fraction of sp³-hybridized carbons (Fsp3) is 0.774. The molecule has 0 saturated heterocycles. The van der Waals surface area contributed by atoms with Gasteiger partial charge in [0.25, 0.3) is 0 Å². The van der Waals surface area contributed by atoms with Crippen molar-refractivity contribution >= 4 is 17.7 Å². The Morgan fingerprint density at radius 2 is 1.67 bits per heavy atom. The van der Waals surface area contributed by atoms with Crippen LogP contribution in [0.4, 0.5) is 0 Å². The Hall–Kier alpha value is -1.91. The van der Waals surface area contributed by atoms with E-state index in [0.717, 1.165) is 19.3 Å². The van der Waals surface area contributed by atoms with Crippen LogP contribution in [-0.2, 0) is 23.9 Å². The highest BCUT2D eigenvalue weighted by Gasteiger charge is 2.59. The predicted molar refractivity (Wildman–Crippen MR) is 140 cm³/mol. The number of rotatable bonds is 8. The maximum Gasteiger partial charge on any atom is 0.320 e. The highest BCUT2D eigenvalue weighted by molar-refractivity contribution is 5.95. The van der Waals surface area contributed by atoms with Crippen molar-refractivity contribution in [3.8, 4) is 0 Å². The van der Waals surface area contributed by atoms with Gasteiger partial charge in [-0.05, 0) is 116 Å². The molecule has 0 spiro atoms. The number of fused-ring (bicyclic) bond motifs is 5. The van der Waals surface area contributed by atoms with Crippen LogP contribution in [0.3, 0.4) is 0 Å². The van der Waals surface area contributed by atoms with Crippen LogP contribution >= 0.6 is 0 Å². The number of carbonyl (C=O) groups excluding carboxylic acids is 3. The van der Waals surface area contributed by atoms with Gasteiger partial charge in [-0.1, -0.05) is 33.8 Å². The summed E-state index contributed by atoms with van der Waals surface area (Å²) < 4.78 is 10.5. The number of ketones is 1. The Balaban J connectivity index is 1.59. The van der Waals surface area contributed by atoms with E-state index in [-0.39, 0.29) is 35.7 Å². The zero-order chi connectivity index (χ0) is 26.3. The summed E-state index contributed by atoms with van der Waals surface area (Å²) in [7, 11) is 0. The topological polar surface area (TPSA) is 69.7 Å². The Morgan fingerprint density at radius 3 is 2.28 bits per heavy atom. The Morgan fingerprint density at radius 1 is 1.00 bits per heavy atom. The summed E-state index contributed by atoms with van der Waals surface area (Å²) in [6.45, 7) is 13.4. The van der Waals surface area contributed by atoms with Crippen LogP contribution in [0.1, 0.15) is 92.9 Å². The third-order valence-corrected chi connectivity index (χ3v) is 10.6. The van der Waals surface area contributed by atoms with Gasteiger partial charge in [0, 0.05) is 6.42 Å². The van der Waals surface area contributed by atoms with E-state index >= 15 is 0 Å². The molecule has 4 rings (SSSR count). The summed E-state index contributed by atoms with van der Waals surface area (Å²) in [5, 5.41) is 0. The maximum atomic E-state index is 12.7. The molecule has 0 aromatic heterocycles. The molecule has 4 aliphatic carbocycles. The SMILES string of the molecule is CCOC(=O)C(C[C@@H](C)C1CCC2C3C=C(CC)C4=CC(=O)CC[C@]4(C)C3CC[C@@]21C)C(=O)OCC. The van der Waals surface area contributed by atoms with Gasteiger partial charge in [-0.15, -0.1) is 0 Å². The minimum atomic E-state index is -0.841. The molecule has 0 heterocycles. The van der Waals surface area contributed by atoms with E-state index in [9.17, 15) is 14.4 Å². The molecule has 5 heteroatoms. The van der Waals surface area contributed by atoms with Crippen molar-refractivity contribution in [3.05, 3.63) is 23.3 Å². The third-order valence-electron chi connectivity index (χ3n) is 10.6. The minimum Gasteiger partial charge on any atom is -0.465 e. The second-order valence-corrected chi connectivity index (χ2v) is 12.3. The van der Waals surface area contributed by atoms with Crippen molar-refractivity contribution in [2.45, 2.75) is 92.9 Å². The van der Waals surface area contributed by atoms with E-state index in [0.29, 0.717) is 36.5 Å². The van der Waals surface area contributed by atoms with Crippen molar-refractivity contribution in [3.63, 3.8) is 0 Å². The molecule has 2 saturated carbocycles. The van der Waals surface area contributed by atoms with Gasteiger partial charge in [-0.25, -0.2) is 0 Å². The molecule has 4 unspecified atom stereocenters. The standard InChI is InChI=1S/C31H46O5/c1-7-20-17-22-25-11-10-24(19(4)16-23(28(33)35-8-2)29(34)36-9-3)30(25,5)15-13-26(22)31(6)14-12-21(32)18-27(20)31/h17-19,22-26H,7-16H2,1-6H3/t19-,22?,24?,25?,26?,30-,31-/m1/s1. The molecule has 36 heavy (non-hydrogen) atoms. The molecule has 0 radical (unpaired) electrons. The molecular weight excluding hydrogens is 452 g/mol. The highest BCUT2D eigenvalue weighted by atomic mass is 16.6. The van der Waals surface area contributed by atoms with Gasteiger partial charge in [-0.2, -0.15) is 0 Å². The summed E-state index contributed by atoms with van der Waals surface area (Å²) in [5.41, 5.74) is 2.99. The molecule has 0 aromatic rings. The van der Waals surface area contributed by atoms with Crippen LogP contribution in [-0.4, -0.2) is 30.9 Å². The molecule has 0 N–H and O–H groups in total. The lowest BCUT2D eigenvalue weighted by Gasteiger charge is -2.57. The van der Waals surface area contributed by atoms with Gasteiger partial charge in [0.05, 0.1) is 13.2 Å². The fourth-order valence-corrected chi connectivity index (χ4v) is 8.85. The highest BCUT2D eigenvalue weighted by Crippen LogP contribution is 2.67. The van der Waals surface area contributed by atoms with E-state index in [1.807, 2.05) is 6.08 Å². The van der Waals surface area contributed by atoms with E-state index in [2.05, 4.69) is 33.8 Å². The van der Waals surface area contributed by atoms with Crippen molar-refractivity contribution in [1.29, 1.82) is 0 Å². The van der Waals surface area contributed by atoms with Crippen LogP contribution in [0.15, 0.2) is 23.3 Å². The first-order valence-corrected chi connectivity index (χ1v) is 14.4. The monoisotopic (exact) mass is 498 g/mol. The molecule has 0 amide bonds. The normalized spacial score (nSPS) is 36.2. The summed E-state index contributed by atoms with van der Waals surface area (Å²) in [6.07, 6.45) is 12.3. The number of hydrogen-bond acceptors (Lipinski definition) is 5. The van der Waals surface area contributed by atoms with E-state index in [4.69, 9.17) is 9.47 Å². The summed E-state index contributed by atoms with van der Waals surface area (Å²) >= 11 is 0. The zero-order valence-corrected chi connectivity index (χ0v) is 23.2. The molecule has 0 aliphatic heterocycles. The van der Waals surface area contributed by atoms with Crippen molar-refractivity contribution < 1.29 is 23.9 Å². The molecule has 2 fully saturated rings. The van der Waals surface area contributed by atoms with E-state index in [1.165, 1.54) is 30.4 Å². The summed E-state index contributed by atoms with van der Waals surface area (Å²) in [5.74, 6) is 0.965. The van der Waals surface area contributed by atoms with Gasteiger partial charge in [-0.3, -0.25) is 14.4 Å². The number of carbonyl (C=O) groups is 3. The first kappa shape index (κ1) is 27.1. The Bertz CT molecular complexity index is 929. The molecule has 5 nitrogen and oxygen atoms in total. The second-order valence-electron chi connectivity index (χ2n) is 12.3. The average Bonchev–Trinajstić information content (AvgIpc) is 3.20. The van der Waals surface area contributed by atoms with Crippen LogP contribution < -0.4 is 0 Å². The van der Waals surface area contributed by atoms with Crippen molar-refractivity contribution in [2.75, 3.05) is 13.2 Å². The average molecular weight is 499 g/mol. The summed E-state index contributed by atoms with van der Waals surface area (Å²) in [4.78, 5) is 37.7. The van der Waals surface area contributed by atoms with Crippen molar-refractivity contribution in [2.24, 2.45) is 46.3 Å². The molecule has 4 aliphatic rings. The fourth-order valence-electron chi connectivity index (χ4n) is 8.85. The van der Waals surface area contributed by atoms with Gasteiger partial charge in [0.15, 0.2) is 11.7 Å². The maximum absolute atomic E-state index is 12.7. The first-order valence-electron chi connectivity index (χ1n) is 14.4. The lowest BCUT2D eigenvalue weighted by Crippen LogP contribution is -2.50. The first-order chi connectivity index (χ1) is 17.1. The Kier molecular flexibility index (Phi) is 7.88. The third kappa shape index (κ3) is 4.49. The van der Waals surface area contributed by atoms with Crippen molar-refractivity contribution in [1.82, 2.24) is 0 Å². The quantitative estimate of drug-likeness (QED) is 0.284. The van der Waals surface area contributed by atoms with Crippen LogP contribution in [0.2, 0.25) is 0 Å². The lowest BCUT2D eigenvalue weighted by molar-refractivity contribution is -0.163. The van der Waals surface area contributed by atoms with Crippen LogP contribution in [0.5, 0.6) is 0 Å². The number of ether oxygens (including phenoxy) is 2. The van der Waals surface area contributed by atoms with E-state index < -0.39 is 17.9 Å². The minimum absolute atomic E-state index is 0.0998. The molecule has 200 valence electrons. The number of allylic oxidation sites excluding steroid dienone is 4. The number of hydrogen-bond donors (Lipinski definition) is 0. The van der Waals surface area contributed by atoms with Crippen LogP contribution in [0, 0.1) is 46.3 Å². The van der Waals surface area contributed by atoms with E-state index in [1.54, 1.807) is 13.8 Å². The van der Waals surface area contributed by atoms with Gasteiger partial charge >= 0.3 is 11.9 Å². The largest absolute Gasteiger partial charge is 0.465 e. The molecule has 0 bridgehead atoms. The van der Waals surface area contributed by atoms with Gasteiger partial charge in [0.1, 0.15) is 0 Å². The van der Waals surface area contributed by atoms with Gasteiger partial charge in [0.2, 0.25) is 0 Å². The smallest absolute Gasteiger partial charge is 0.320 e. The second kappa shape index (κ2) is 10.5. The summed E-state index contributed by atoms with van der Waals surface area (Å²) in [6, 6.07) is 0.